The highest BCUT2D eigenvalue weighted by molar-refractivity contribution is 8.13. The van der Waals surface area contributed by atoms with Crippen molar-refractivity contribution in [1.82, 2.24) is 5.16 Å². The molecule has 0 unspecified atom stereocenters. The van der Waals surface area contributed by atoms with Gasteiger partial charge in [-0.3, -0.25) is 0 Å². The molecule has 1 aromatic rings. The smallest absolute Gasteiger partial charge is 0.238 e. The Labute approximate surface area is 94.0 Å². The van der Waals surface area contributed by atoms with Crippen LogP contribution in [0.15, 0.2) is 10.6 Å². The number of hydrogen-bond donors (Lipinski definition) is 0. The Morgan fingerprint density at radius 2 is 2.13 bits per heavy atom. The van der Waals surface area contributed by atoms with Crippen molar-refractivity contribution < 1.29 is 12.9 Å². The van der Waals surface area contributed by atoms with Gasteiger partial charge in [-0.1, -0.05) is 25.9 Å². The van der Waals surface area contributed by atoms with Gasteiger partial charge < -0.3 is 4.52 Å². The fourth-order valence-electron chi connectivity index (χ4n) is 1.05. The maximum Gasteiger partial charge on any atom is 0.238 e. The number of hydrogen-bond acceptors (Lipinski definition) is 4. The van der Waals surface area contributed by atoms with Crippen LogP contribution in [0.1, 0.15) is 38.6 Å². The molecule has 0 aliphatic carbocycles. The Bertz CT molecular complexity index is 436. The lowest BCUT2D eigenvalue weighted by Crippen LogP contribution is -2.14. The zero-order chi connectivity index (χ0) is 11.7. The maximum absolute atomic E-state index is 10.8. The first kappa shape index (κ1) is 12.5. The van der Waals surface area contributed by atoms with Crippen LogP contribution in [-0.4, -0.2) is 13.6 Å². The lowest BCUT2D eigenvalue weighted by atomic mass is 9.87. The molecule has 0 radical (unpaired) electrons. The summed E-state index contributed by atoms with van der Waals surface area (Å²) in [5, 5.41) is 3.68. The van der Waals surface area contributed by atoms with E-state index >= 15 is 0 Å². The van der Waals surface area contributed by atoms with E-state index in [1.54, 1.807) is 6.07 Å². The van der Waals surface area contributed by atoms with Crippen molar-refractivity contribution in [2.75, 3.05) is 0 Å². The van der Waals surface area contributed by atoms with E-state index in [0.29, 0.717) is 11.5 Å². The van der Waals surface area contributed by atoms with Crippen LogP contribution in [0.4, 0.5) is 0 Å². The Morgan fingerprint density at radius 1 is 1.53 bits per heavy atom. The van der Waals surface area contributed by atoms with E-state index in [9.17, 15) is 8.42 Å². The third-order valence-electron chi connectivity index (χ3n) is 2.43. The van der Waals surface area contributed by atoms with Crippen LogP contribution < -0.4 is 0 Å². The molecular weight excluding hydrogens is 238 g/mol. The van der Waals surface area contributed by atoms with Gasteiger partial charge in [0.05, 0.1) is 0 Å². The third-order valence-corrected chi connectivity index (χ3v) is 3.40. The molecule has 86 valence electrons. The summed E-state index contributed by atoms with van der Waals surface area (Å²) in [5.74, 6) is 0.387. The SMILES string of the molecule is CCC(C)(C)c1cc(CS(=O)(=O)Cl)no1. The highest BCUT2D eigenvalue weighted by atomic mass is 35.7. The predicted octanol–water partition coefficient (Wildman–Crippen LogP) is 2.43. The molecule has 0 fully saturated rings. The van der Waals surface area contributed by atoms with Gasteiger partial charge in [-0.25, -0.2) is 8.42 Å². The van der Waals surface area contributed by atoms with Crippen LogP contribution in [0.25, 0.3) is 0 Å². The van der Waals surface area contributed by atoms with E-state index in [0.717, 1.165) is 6.42 Å². The molecule has 0 atom stereocenters. The molecule has 1 rings (SSSR count). The van der Waals surface area contributed by atoms with E-state index in [-0.39, 0.29) is 11.2 Å². The molecule has 0 saturated heterocycles. The van der Waals surface area contributed by atoms with Crippen LogP contribution in [0, 0.1) is 0 Å². The van der Waals surface area contributed by atoms with E-state index in [1.165, 1.54) is 0 Å². The van der Waals surface area contributed by atoms with Crippen molar-refractivity contribution in [3.63, 3.8) is 0 Å². The van der Waals surface area contributed by atoms with Crippen LogP contribution >= 0.6 is 10.7 Å². The zero-order valence-electron chi connectivity index (χ0n) is 8.95. The second-order valence-electron chi connectivity index (χ2n) is 4.10. The normalized spacial score (nSPS) is 13.1. The number of halogens is 1. The minimum Gasteiger partial charge on any atom is -0.361 e. The molecule has 15 heavy (non-hydrogen) atoms. The third kappa shape index (κ3) is 3.50. The van der Waals surface area contributed by atoms with Crippen LogP contribution in [0.3, 0.4) is 0 Å². The highest BCUT2D eigenvalue weighted by Crippen LogP contribution is 2.27. The monoisotopic (exact) mass is 251 g/mol. The summed E-state index contributed by atoms with van der Waals surface area (Å²) in [6.07, 6.45) is 0.884. The molecule has 1 heterocycles. The van der Waals surface area contributed by atoms with Crippen molar-refractivity contribution in [2.45, 2.75) is 38.4 Å². The van der Waals surface area contributed by atoms with Gasteiger partial charge in [-0.15, -0.1) is 0 Å². The van der Waals surface area contributed by atoms with Crippen molar-refractivity contribution >= 4 is 19.7 Å². The van der Waals surface area contributed by atoms with Crippen molar-refractivity contribution in [3.05, 3.63) is 17.5 Å². The van der Waals surface area contributed by atoms with Gasteiger partial charge in [0.2, 0.25) is 9.05 Å². The summed E-state index contributed by atoms with van der Waals surface area (Å²) < 4.78 is 26.7. The molecule has 0 N–H and O–H groups in total. The zero-order valence-corrected chi connectivity index (χ0v) is 10.5. The number of rotatable bonds is 4. The fraction of sp³-hybridized carbons (Fsp3) is 0.667. The molecule has 0 amide bonds. The number of aromatic nitrogens is 1. The average molecular weight is 252 g/mol. The Kier molecular flexibility index (Phi) is 3.45. The number of nitrogens with zero attached hydrogens (tertiary/aromatic N) is 1. The van der Waals surface area contributed by atoms with Crippen LogP contribution in [0.2, 0.25) is 0 Å². The van der Waals surface area contributed by atoms with Crippen LogP contribution in [0.5, 0.6) is 0 Å². The van der Waals surface area contributed by atoms with E-state index in [4.69, 9.17) is 15.2 Å². The molecule has 0 bridgehead atoms. The van der Waals surface area contributed by atoms with Crippen LogP contribution in [-0.2, 0) is 20.2 Å². The average Bonchev–Trinajstić information content (AvgIpc) is 2.50. The molecule has 4 nitrogen and oxygen atoms in total. The van der Waals surface area contributed by atoms with Crippen molar-refractivity contribution in [1.29, 1.82) is 0 Å². The molecule has 0 aliphatic rings. The largest absolute Gasteiger partial charge is 0.361 e. The molecule has 0 saturated carbocycles. The summed E-state index contributed by atoms with van der Waals surface area (Å²) in [6.45, 7) is 6.04. The molecule has 1 aromatic heterocycles. The van der Waals surface area contributed by atoms with E-state index in [2.05, 4.69) is 5.16 Å². The summed E-state index contributed by atoms with van der Waals surface area (Å²) in [4.78, 5) is 0. The van der Waals surface area contributed by atoms with Gasteiger partial charge >= 0.3 is 0 Å². The van der Waals surface area contributed by atoms with Crippen molar-refractivity contribution in [3.8, 4) is 0 Å². The lowest BCUT2D eigenvalue weighted by molar-refractivity contribution is 0.309. The Hall–Kier alpha value is -0.550. The lowest BCUT2D eigenvalue weighted by Gasteiger charge is -2.17. The van der Waals surface area contributed by atoms with Gasteiger partial charge in [0.1, 0.15) is 17.2 Å². The molecule has 0 spiro atoms. The Morgan fingerprint density at radius 3 is 2.60 bits per heavy atom. The minimum atomic E-state index is -3.57. The minimum absolute atomic E-state index is 0.138. The molecule has 6 heteroatoms. The van der Waals surface area contributed by atoms with Crippen molar-refractivity contribution in [2.24, 2.45) is 0 Å². The maximum atomic E-state index is 10.8. The predicted molar refractivity (Wildman–Crippen MR) is 58.3 cm³/mol. The fourth-order valence-corrected chi connectivity index (χ4v) is 1.87. The van der Waals surface area contributed by atoms with Gasteiger partial charge in [-0.2, -0.15) is 0 Å². The molecule has 0 aromatic carbocycles. The summed E-state index contributed by atoms with van der Waals surface area (Å²) in [6, 6.07) is 1.64. The summed E-state index contributed by atoms with van der Waals surface area (Å²) in [7, 11) is 1.55. The first-order chi connectivity index (χ1) is 6.74. The first-order valence-corrected chi connectivity index (χ1v) is 7.11. The van der Waals surface area contributed by atoms with Gasteiger partial charge in [0, 0.05) is 22.2 Å². The second kappa shape index (κ2) is 4.14. The van der Waals surface area contributed by atoms with E-state index in [1.807, 2.05) is 20.8 Å². The van der Waals surface area contributed by atoms with Gasteiger partial charge in [-0.05, 0) is 6.42 Å². The first-order valence-electron chi connectivity index (χ1n) is 4.63. The van der Waals surface area contributed by atoms with Gasteiger partial charge in [0.25, 0.3) is 0 Å². The Balaban J connectivity index is 2.91. The standard InChI is InChI=1S/C9H14ClNO3S/c1-4-9(2,3)8-5-7(11-14-8)6-15(10,12)13/h5H,4,6H2,1-3H3. The molecule has 0 aliphatic heterocycles. The van der Waals surface area contributed by atoms with Gasteiger partial charge in [0.15, 0.2) is 0 Å². The summed E-state index contributed by atoms with van der Waals surface area (Å²) >= 11 is 0. The topological polar surface area (TPSA) is 60.2 Å². The highest BCUT2D eigenvalue weighted by Gasteiger charge is 2.24. The summed E-state index contributed by atoms with van der Waals surface area (Å²) in [5.41, 5.74) is 0.211. The molecular formula is C9H14ClNO3S. The second-order valence-corrected chi connectivity index (χ2v) is 6.88. The van der Waals surface area contributed by atoms with E-state index < -0.39 is 9.05 Å². The quantitative estimate of drug-likeness (QED) is 0.771.